The van der Waals surface area contributed by atoms with Crippen molar-refractivity contribution in [2.75, 3.05) is 19.7 Å². The quantitative estimate of drug-likeness (QED) is 0.830. The zero-order chi connectivity index (χ0) is 9.10. The normalized spacial score (nSPS) is 24.1. The van der Waals surface area contributed by atoms with E-state index in [-0.39, 0.29) is 31.4 Å². The Balaban J connectivity index is 0.000000980. The SMILES string of the molecule is Cl.Cl.OCC1CNCC1c1ccncc1. The molecule has 0 aliphatic carbocycles. The molecule has 1 saturated heterocycles. The van der Waals surface area contributed by atoms with E-state index in [2.05, 4.69) is 10.3 Å². The van der Waals surface area contributed by atoms with Gasteiger partial charge < -0.3 is 10.4 Å². The van der Waals surface area contributed by atoms with E-state index >= 15 is 0 Å². The first-order chi connectivity index (χ1) is 6.42. The molecule has 0 radical (unpaired) electrons. The first-order valence-corrected chi connectivity index (χ1v) is 4.63. The van der Waals surface area contributed by atoms with Gasteiger partial charge >= 0.3 is 0 Å². The first kappa shape index (κ1) is 14.6. The van der Waals surface area contributed by atoms with Crippen molar-refractivity contribution in [3.8, 4) is 0 Å². The lowest BCUT2D eigenvalue weighted by Crippen LogP contribution is -2.14. The predicted octanol–water partition coefficient (Wildman–Crippen LogP) is 1.22. The monoisotopic (exact) mass is 250 g/mol. The summed E-state index contributed by atoms with van der Waals surface area (Å²) in [4.78, 5) is 3.98. The Morgan fingerprint density at radius 2 is 1.93 bits per heavy atom. The van der Waals surface area contributed by atoms with E-state index in [1.807, 2.05) is 24.5 Å². The largest absolute Gasteiger partial charge is 0.396 e. The number of aromatic nitrogens is 1. The first-order valence-electron chi connectivity index (χ1n) is 4.63. The van der Waals surface area contributed by atoms with Crippen LogP contribution in [-0.2, 0) is 0 Å². The van der Waals surface area contributed by atoms with Crippen molar-refractivity contribution < 1.29 is 5.11 Å². The highest BCUT2D eigenvalue weighted by Gasteiger charge is 2.27. The van der Waals surface area contributed by atoms with E-state index in [0.29, 0.717) is 11.8 Å². The van der Waals surface area contributed by atoms with Crippen LogP contribution < -0.4 is 5.32 Å². The second-order valence-electron chi connectivity index (χ2n) is 3.49. The van der Waals surface area contributed by atoms with Gasteiger partial charge in [-0.1, -0.05) is 0 Å². The third kappa shape index (κ3) is 3.31. The van der Waals surface area contributed by atoms with Gasteiger partial charge in [0.15, 0.2) is 0 Å². The molecule has 1 aromatic heterocycles. The van der Waals surface area contributed by atoms with E-state index in [1.54, 1.807) is 0 Å². The predicted molar refractivity (Wildman–Crippen MR) is 64.9 cm³/mol. The minimum absolute atomic E-state index is 0. The molecule has 0 bridgehead atoms. The number of hydrogen-bond acceptors (Lipinski definition) is 3. The lowest BCUT2D eigenvalue weighted by molar-refractivity contribution is 0.226. The van der Waals surface area contributed by atoms with Gasteiger partial charge in [-0.15, -0.1) is 24.8 Å². The third-order valence-electron chi connectivity index (χ3n) is 2.71. The summed E-state index contributed by atoms with van der Waals surface area (Å²) in [6.07, 6.45) is 3.62. The molecule has 0 spiro atoms. The molecule has 2 N–H and O–H groups in total. The van der Waals surface area contributed by atoms with Gasteiger partial charge in [-0.2, -0.15) is 0 Å². The van der Waals surface area contributed by atoms with Crippen molar-refractivity contribution in [1.82, 2.24) is 10.3 Å². The summed E-state index contributed by atoms with van der Waals surface area (Å²) < 4.78 is 0. The fourth-order valence-corrected chi connectivity index (χ4v) is 1.93. The molecular weight excluding hydrogens is 235 g/mol. The Bertz CT molecular complexity index is 271. The maximum Gasteiger partial charge on any atom is 0.0477 e. The highest BCUT2D eigenvalue weighted by Crippen LogP contribution is 2.26. The van der Waals surface area contributed by atoms with Crippen LogP contribution in [0.1, 0.15) is 11.5 Å². The van der Waals surface area contributed by atoms with Crippen molar-refractivity contribution >= 4 is 24.8 Å². The summed E-state index contributed by atoms with van der Waals surface area (Å²) >= 11 is 0. The third-order valence-corrected chi connectivity index (χ3v) is 2.71. The number of hydrogen-bond donors (Lipinski definition) is 2. The number of nitrogens with one attached hydrogen (secondary N) is 1. The smallest absolute Gasteiger partial charge is 0.0477 e. The molecule has 1 aliphatic heterocycles. The number of rotatable bonds is 2. The Labute approximate surface area is 102 Å². The molecule has 2 rings (SSSR count). The zero-order valence-corrected chi connectivity index (χ0v) is 9.93. The molecule has 1 aromatic rings. The van der Waals surface area contributed by atoms with Gasteiger partial charge in [-0.25, -0.2) is 0 Å². The summed E-state index contributed by atoms with van der Waals surface area (Å²) in [5.74, 6) is 0.815. The van der Waals surface area contributed by atoms with Crippen molar-refractivity contribution in [2.45, 2.75) is 5.92 Å². The molecule has 1 aliphatic rings. The molecule has 5 heteroatoms. The minimum Gasteiger partial charge on any atom is -0.396 e. The Hall–Kier alpha value is -0.350. The maximum absolute atomic E-state index is 9.14. The Morgan fingerprint density at radius 3 is 2.53 bits per heavy atom. The van der Waals surface area contributed by atoms with Crippen LogP contribution in [0.3, 0.4) is 0 Å². The van der Waals surface area contributed by atoms with Crippen LogP contribution in [0.5, 0.6) is 0 Å². The van der Waals surface area contributed by atoms with Gasteiger partial charge in [0.25, 0.3) is 0 Å². The molecule has 3 nitrogen and oxygen atoms in total. The molecule has 2 unspecified atom stereocenters. The van der Waals surface area contributed by atoms with Crippen LogP contribution in [0.2, 0.25) is 0 Å². The molecular formula is C10H16Cl2N2O. The molecule has 15 heavy (non-hydrogen) atoms. The molecule has 0 saturated carbocycles. The molecule has 2 atom stereocenters. The highest BCUT2D eigenvalue weighted by molar-refractivity contribution is 5.85. The highest BCUT2D eigenvalue weighted by atomic mass is 35.5. The fraction of sp³-hybridized carbons (Fsp3) is 0.500. The van der Waals surface area contributed by atoms with Gasteiger partial charge in [-0.05, 0) is 17.7 Å². The molecule has 0 aromatic carbocycles. The number of nitrogens with zero attached hydrogens (tertiary/aromatic N) is 1. The summed E-state index contributed by atoms with van der Waals surface area (Å²) in [5.41, 5.74) is 1.28. The van der Waals surface area contributed by atoms with E-state index in [9.17, 15) is 0 Å². The maximum atomic E-state index is 9.14. The summed E-state index contributed by atoms with van der Waals surface area (Å²) in [7, 11) is 0. The number of pyridine rings is 1. The van der Waals surface area contributed by atoms with Crippen LogP contribution in [0.15, 0.2) is 24.5 Å². The van der Waals surface area contributed by atoms with Gasteiger partial charge in [0.2, 0.25) is 0 Å². The van der Waals surface area contributed by atoms with E-state index < -0.39 is 0 Å². The average Bonchev–Trinajstić information content (AvgIpc) is 2.67. The molecule has 86 valence electrons. The van der Waals surface area contributed by atoms with E-state index in [0.717, 1.165) is 13.1 Å². The molecule has 1 fully saturated rings. The van der Waals surface area contributed by atoms with Crippen LogP contribution in [0, 0.1) is 5.92 Å². The van der Waals surface area contributed by atoms with Crippen LogP contribution >= 0.6 is 24.8 Å². The second kappa shape index (κ2) is 7.01. The summed E-state index contributed by atoms with van der Waals surface area (Å²) in [5, 5.41) is 12.4. The summed E-state index contributed by atoms with van der Waals surface area (Å²) in [6.45, 7) is 2.15. The van der Waals surface area contributed by atoms with Gasteiger partial charge in [0, 0.05) is 43.9 Å². The van der Waals surface area contributed by atoms with Crippen molar-refractivity contribution in [2.24, 2.45) is 5.92 Å². The lowest BCUT2D eigenvalue weighted by Gasteiger charge is -2.15. The Kier molecular flexibility index (Phi) is 6.85. The van der Waals surface area contributed by atoms with Crippen molar-refractivity contribution in [1.29, 1.82) is 0 Å². The van der Waals surface area contributed by atoms with Crippen LogP contribution in [0.4, 0.5) is 0 Å². The zero-order valence-electron chi connectivity index (χ0n) is 8.30. The van der Waals surface area contributed by atoms with Gasteiger partial charge in [0.05, 0.1) is 0 Å². The number of aliphatic hydroxyl groups excluding tert-OH is 1. The van der Waals surface area contributed by atoms with Gasteiger partial charge in [0.1, 0.15) is 0 Å². The molecule has 0 amide bonds. The fourth-order valence-electron chi connectivity index (χ4n) is 1.93. The molecule has 2 heterocycles. The van der Waals surface area contributed by atoms with E-state index in [1.165, 1.54) is 5.56 Å². The topological polar surface area (TPSA) is 45.1 Å². The van der Waals surface area contributed by atoms with Gasteiger partial charge in [-0.3, -0.25) is 4.98 Å². The summed E-state index contributed by atoms with van der Waals surface area (Å²) in [6, 6.07) is 4.06. The van der Waals surface area contributed by atoms with Crippen molar-refractivity contribution in [3.05, 3.63) is 30.1 Å². The standard InChI is InChI=1S/C10H14N2O.2ClH/c13-7-9-5-12-6-10(9)8-1-3-11-4-2-8;;/h1-4,9-10,12-13H,5-7H2;2*1H. The second-order valence-corrected chi connectivity index (χ2v) is 3.49. The number of aliphatic hydroxyl groups is 1. The minimum atomic E-state index is 0. The van der Waals surface area contributed by atoms with Crippen LogP contribution in [-0.4, -0.2) is 29.8 Å². The lowest BCUT2D eigenvalue weighted by atomic mass is 9.90. The van der Waals surface area contributed by atoms with Crippen LogP contribution in [0.25, 0.3) is 0 Å². The average molecular weight is 251 g/mol. The van der Waals surface area contributed by atoms with Crippen molar-refractivity contribution in [3.63, 3.8) is 0 Å². The number of halogens is 2. The van der Waals surface area contributed by atoms with E-state index in [4.69, 9.17) is 5.11 Å². The Morgan fingerprint density at radius 1 is 1.27 bits per heavy atom.